The molecule has 1 fully saturated rings. The molecule has 1 aliphatic carbocycles. The van der Waals surface area contributed by atoms with Gasteiger partial charge in [-0.05, 0) is 43.0 Å². The van der Waals surface area contributed by atoms with Crippen molar-refractivity contribution in [2.75, 3.05) is 6.54 Å². The summed E-state index contributed by atoms with van der Waals surface area (Å²) in [4.78, 5) is 9.06. The highest BCUT2D eigenvalue weighted by molar-refractivity contribution is 8.13. The second-order valence-electron chi connectivity index (χ2n) is 5.89. The van der Waals surface area contributed by atoms with Crippen LogP contribution in [0.25, 0.3) is 11.4 Å². The quantitative estimate of drug-likeness (QED) is 0.859. The summed E-state index contributed by atoms with van der Waals surface area (Å²) in [6.45, 7) is 0.944. The van der Waals surface area contributed by atoms with Crippen LogP contribution >= 0.6 is 35.8 Å². The third kappa shape index (κ3) is 3.87. The van der Waals surface area contributed by atoms with Crippen molar-refractivity contribution in [3.05, 3.63) is 35.2 Å². The molecule has 4 rings (SSSR count). The maximum absolute atomic E-state index is 5.89. The van der Waals surface area contributed by atoms with Crippen LogP contribution in [0, 0.1) is 5.92 Å². The van der Waals surface area contributed by atoms with Crippen LogP contribution in [0.3, 0.4) is 0 Å². The first-order valence-electron chi connectivity index (χ1n) is 7.80. The van der Waals surface area contributed by atoms with E-state index in [9.17, 15) is 0 Å². The molecule has 1 N–H and O–H groups in total. The van der Waals surface area contributed by atoms with Crippen molar-refractivity contribution in [3.63, 3.8) is 0 Å². The van der Waals surface area contributed by atoms with Gasteiger partial charge < -0.3 is 9.84 Å². The van der Waals surface area contributed by atoms with Crippen LogP contribution in [0.15, 0.2) is 33.8 Å². The van der Waals surface area contributed by atoms with Crippen molar-refractivity contribution in [2.24, 2.45) is 10.9 Å². The minimum Gasteiger partial charge on any atom is -0.362 e. The molecule has 5 nitrogen and oxygen atoms in total. The molecule has 0 radical (unpaired) electrons. The Kier molecular flexibility index (Phi) is 5.69. The van der Waals surface area contributed by atoms with Gasteiger partial charge in [0.2, 0.25) is 11.7 Å². The minimum atomic E-state index is 0. The molecule has 1 aromatic heterocycles. The smallest absolute Gasteiger partial charge is 0.237 e. The molecule has 0 saturated heterocycles. The van der Waals surface area contributed by atoms with Gasteiger partial charge in [0.25, 0.3) is 0 Å². The number of hydrogen-bond acceptors (Lipinski definition) is 6. The molecule has 1 aromatic carbocycles. The third-order valence-electron chi connectivity index (χ3n) is 4.34. The molecule has 0 amide bonds. The van der Waals surface area contributed by atoms with Crippen molar-refractivity contribution in [3.8, 4) is 11.4 Å². The van der Waals surface area contributed by atoms with E-state index in [0.717, 1.165) is 23.2 Å². The summed E-state index contributed by atoms with van der Waals surface area (Å²) in [7, 11) is 0. The number of nitrogens with zero attached hydrogens (tertiary/aromatic N) is 3. The molecule has 2 unspecified atom stereocenters. The Morgan fingerprint density at radius 1 is 1.25 bits per heavy atom. The summed E-state index contributed by atoms with van der Waals surface area (Å²) in [6.07, 6.45) is 3.86. The van der Waals surface area contributed by atoms with Gasteiger partial charge in [0.15, 0.2) is 5.17 Å². The summed E-state index contributed by atoms with van der Waals surface area (Å²) in [5.41, 5.74) is 0.899. The van der Waals surface area contributed by atoms with Crippen molar-refractivity contribution >= 4 is 40.9 Å². The van der Waals surface area contributed by atoms with Gasteiger partial charge >= 0.3 is 0 Å². The van der Waals surface area contributed by atoms with E-state index in [4.69, 9.17) is 16.1 Å². The Morgan fingerprint density at radius 3 is 2.92 bits per heavy atom. The van der Waals surface area contributed by atoms with Crippen LogP contribution in [0.1, 0.15) is 25.2 Å². The molecule has 0 bridgehead atoms. The lowest BCUT2D eigenvalue weighted by Crippen LogP contribution is -2.41. The fraction of sp³-hybridized carbons (Fsp3) is 0.438. The fourth-order valence-electron chi connectivity index (χ4n) is 3.10. The highest BCUT2D eigenvalue weighted by atomic mass is 35.5. The van der Waals surface area contributed by atoms with E-state index in [1.807, 2.05) is 24.3 Å². The summed E-state index contributed by atoms with van der Waals surface area (Å²) in [5, 5.41) is 9.26. The van der Waals surface area contributed by atoms with Gasteiger partial charge in [-0.25, -0.2) is 0 Å². The zero-order chi connectivity index (χ0) is 15.6. The van der Waals surface area contributed by atoms with E-state index in [2.05, 4.69) is 20.4 Å². The molecule has 1 saturated carbocycles. The second-order valence-corrected chi connectivity index (χ2v) is 7.30. The molecular weight excluding hydrogens is 367 g/mol. The monoisotopic (exact) mass is 384 g/mol. The minimum absolute atomic E-state index is 0. The van der Waals surface area contributed by atoms with Gasteiger partial charge in [-0.1, -0.05) is 34.9 Å². The molecule has 2 atom stereocenters. The van der Waals surface area contributed by atoms with Gasteiger partial charge in [0.05, 0.1) is 5.75 Å². The number of hydrogen-bond donors (Lipinski definition) is 1. The van der Waals surface area contributed by atoms with Crippen LogP contribution in [-0.2, 0) is 5.75 Å². The third-order valence-corrected chi connectivity index (χ3v) is 5.50. The van der Waals surface area contributed by atoms with Crippen LogP contribution in [0.5, 0.6) is 0 Å². The van der Waals surface area contributed by atoms with Crippen molar-refractivity contribution in [1.29, 1.82) is 0 Å². The number of halogens is 2. The number of nitrogens with one attached hydrogen (secondary N) is 1. The predicted molar refractivity (Wildman–Crippen MR) is 99.9 cm³/mol. The number of fused-ring (bicyclic) bond motifs is 1. The van der Waals surface area contributed by atoms with Gasteiger partial charge in [-0.15, -0.1) is 12.4 Å². The first kappa shape index (κ1) is 17.6. The number of benzene rings is 1. The van der Waals surface area contributed by atoms with E-state index in [1.165, 1.54) is 19.3 Å². The van der Waals surface area contributed by atoms with Gasteiger partial charge in [-0.3, -0.25) is 4.99 Å². The standard InChI is InChI=1S/C16H17ClN4OS.ClH/c17-12-6-4-10(5-7-12)15-20-14(22-21-15)9-23-16-18-8-11-2-1-3-13(11)19-16;/h4-7,11,13H,1-3,8-9H2,(H,18,19);1H. The SMILES string of the molecule is Cl.Clc1ccc(-c2noc(CSC3=NCC4CCCC4N3)n2)cc1. The van der Waals surface area contributed by atoms with Crippen LogP contribution in [0.4, 0.5) is 0 Å². The molecular formula is C16H18Cl2N4OS. The molecule has 128 valence electrons. The Bertz CT molecular complexity index is 719. The van der Waals surface area contributed by atoms with Crippen LogP contribution < -0.4 is 5.32 Å². The lowest BCUT2D eigenvalue weighted by Gasteiger charge is -2.26. The molecule has 2 aliphatic rings. The van der Waals surface area contributed by atoms with Gasteiger partial charge in [-0.2, -0.15) is 4.98 Å². The molecule has 1 aliphatic heterocycles. The normalized spacial score (nSPS) is 22.3. The van der Waals surface area contributed by atoms with E-state index in [-0.39, 0.29) is 12.4 Å². The second kappa shape index (κ2) is 7.76. The average molecular weight is 385 g/mol. The zero-order valence-electron chi connectivity index (χ0n) is 12.9. The summed E-state index contributed by atoms with van der Waals surface area (Å²) < 4.78 is 5.33. The molecule has 2 heterocycles. The number of amidine groups is 1. The lowest BCUT2D eigenvalue weighted by atomic mass is 10.0. The van der Waals surface area contributed by atoms with E-state index < -0.39 is 0 Å². The van der Waals surface area contributed by atoms with Crippen molar-refractivity contribution in [2.45, 2.75) is 31.1 Å². The molecule has 24 heavy (non-hydrogen) atoms. The summed E-state index contributed by atoms with van der Waals surface area (Å²) >= 11 is 7.52. The Hall–Kier alpha value is -1.24. The first-order chi connectivity index (χ1) is 11.3. The highest BCUT2D eigenvalue weighted by Crippen LogP contribution is 2.30. The Balaban J connectivity index is 0.00000169. The number of thioether (sulfide) groups is 1. The van der Waals surface area contributed by atoms with Gasteiger partial charge in [0, 0.05) is 23.2 Å². The lowest BCUT2D eigenvalue weighted by molar-refractivity contribution is 0.391. The predicted octanol–water partition coefficient (Wildman–Crippen LogP) is 4.17. The van der Waals surface area contributed by atoms with E-state index >= 15 is 0 Å². The summed E-state index contributed by atoms with van der Waals surface area (Å²) in [6, 6.07) is 8.01. The highest BCUT2D eigenvalue weighted by Gasteiger charge is 2.30. The zero-order valence-corrected chi connectivity index (χ0v) is 15.3. The Morgan fingerprint density at radius 2 is 2.08 bits per heavy atom. The molecule has 8 heteroatoms. The number of aliphatic imine (C=N–C) groups is 1. The van der Waals surface area contributed by atoms with Crippen molar-refractivity contribution < 1.29 is 4.52 Å². The van der Waals surface area contributed by atoms with E-state index in [1.54, 1.807) is 11.8 Å². The fourth-order valence-corrected chi connectivity index (χ4v) is 4.00. The molecule has 0 spiro atoms. The van der Waals surface area contributed by atoms with Crippen molar-refractivity contribution in [1.82, 2.24) is 15.5 Å². The maximum Gasteiger partial charge on any atom is 0.237 e. The van der Waals surface area contributed by atoms with Crippen LogP contribution in [-0.4, -0.2) is 27.9 Å². The number of aromatic nitrogens is 2. The first-order valence-corrected chi connectivity index (χ1v) is 9.16. The molecule has 2 aromatic rings. The van der Waals surface area contributed by atoms with Gasteiger partial charge in [0.1, 0.15) is 0 Å². The Labute approximate surface area is 156 Å². The average Bonchev–Trinajstić information content (AvgIpc) is 3.22. The topological polar surface area (TPSA) is 63.3 Å². The summed E-state index contributed by atoms with van der Waals surface area (Å²) in [5.74, 6) is 2.55. The number of rotatable bonds is 3. The maximum atomic E-state index is 5.89. The van der Waals surface area contributed by atoms with E-state index in [0.29, 0.717) is 28.5 Å². The largest absolute Gasteiger partial charge is 0.362 e. The van der Waals surface area contributed by atoms with Crippen LogP contribution in [0.2, 0.25) is 5.02 Å².